The fourth-order valence-corrected chi connectivity index (χ4v) is 9.22. The van der Waals surface area contributed by atoms with Crippen LogP contribution in [-0.4, -0.2) is 0 Å². The Kier molecular flexibility index (Phi) is 5.66. The smallest absolute Gasteiger partial charge is 0.0737 e. The lowest BCUT2D eigenvalue weighted by atomic mass is 9.73. The Bertz CT molecular complexity index is 2600. The molecular formula is C49H31N. The fourth-order valence-electron chi connectivity index (χ4n) is 9.22. The third-order valence-corrected chi connectivity index (χ3v) is 11.2. The SMILES string of the molecule is c1ccc(-c2cccc(N(c3ccccc3)c3ccc(-c4ccc5c(c4)C46c7ccccc7-c7cccc(c74)-c4cccc-5c46)cc3)c2)cc1. The van der Waals surface area contributed by atoms with Gasteiger partial charge in [0.05, 0.1) is 5.41 Å². The molecular weight excluding hydrogens is 603 g/mol. The summed E-state index contributed by atoms with van der Waals surface area (Å²) in [4.78, 5) is 2.35. The van der Waals surface area contributed by atoms with Crippen LogP contribution in [0.3, 0.4) is 0 Å². The minimum atomic E-state index is -0.270. The van der Waals surface area contributed by atoms with E-state index in [4.69, 9.17) is 0 Å². The van der Waals surface area contributed by atoms with Crippen LogP contribution in [0.2, 0.25) is 0 Å². The molecule has 0 aliphatic heterocycles. The molecule has 0 saturated heterocycles. The van der Waals surface area contributed by atoms with Crippen LogP contribution in [0.1, 0.15) is 22.3 Å². The van der Waals surface area contributed by atoms with Crippen LogP contribution in [0, 0.1) is 0 Å². The third kappa shape index (κ3) is 3.61. The topological polar surface area (TPSA) is 3.24 Å². The van der Waals surface area contributed by atoms with Crippen LogP contribution in [0.5, 0.6) is 0 Å². The predicted octanol–water partition coefficient (Wildman–Crippen LogP) is 12.8. The Morgan fingerprint density at radius 2 is 0.740 bits per heavy atom. The molecule has 3 aliphatic rings. The molecule has 232 valence electrons. The van der Waals surface area contributed by atoms with Gasteiger partial charge in [-0.2, -0.15) is 0 Å². The van der Waals surface area contributed by atoms with E-state index in [1.807, 2.05) is 0 Å². The van der Waals surface area contributed by atoms with Gasteiger partial charge < -0.3 is 4.90 Å². The lowest BCUT2D eigenvalue weighted by Crippen LogP contribution is -2.23. The summed E-state index contributed by atoms with van der Waals surface area (Å²) in [6, 6.07) is 69.3. The van der Waals surface area contributed by atoms with Gasteiger partial charge in [-0.15, -0.1) is 0 Å². The summed E-state index contributed by atoms with van der Waals surface area (Å²) in [5.41, 5.74) is 22.0. The zero-order valence-electron chi connectivity index (χ0n) is 27.3. The first-order valence-corrected chi connectivity index (χ1v) is 17.4. The van der Waals surface area contributed by atoms with Gasteiger partial charge in [-0.1, -0.05) is 146 Å². The molecule has 0 heterocycles. The normalized spacial score (nSPS) is 15.3. The number of fused-ring (bicyclic) bond motifs is 5. The van der Waals surface area contributed by atoms with E-state index in [0.29, 0.717) is 0 Å². The molecule has 3 aliphatic carbocycles. The second-order valence-electron chi connectivity index (χ2n) is 13.6. The van der Waals surface area contributed by atoms with E-state index in [0.717, 1.165) is 17.1 Å². The average molecular weight is 634 g/mol. The van der Waals surface area contributed by atoms with Crippen LogP contribution < -0.4 is 4.90 Å². The molecule has 1 unspecified atom stereocenters. The van der Waals surface area contributed by atoms with Crippen molar-refractivity contribution >= 4 is 17.1 Å². The van der Waals surface area contributed by atoms with Crippen LogP contribution >= 0.6 is 0 Å². The molecule has 1 nitrogen and oxygen atoms in total. The van der Waals surface area contributed by atoms with Gasteiger partial charge in [0.15, 0.2) is 0 Å². The molecule has 1 heteroatoms. The first-order valence-electron chi connectivity index (χ1n) is 17.4. The van der Waals surface area contributed by atoms with Gasteiger partial charge in [-0.3, -0.25) is 0 Å². The van der Waals surface area contributed by atoms with Crippen molar-refractivity contribution < 1.29 is 0 Å². The van der Waals surface area contributed by atoms with E-state index in [9.17, 15) is 0 Å². The van der Waals surface area contributed by atoms with E-state index < -0.39 is 0 Å². The quantitative estimate of drug-likeness (QED) is 0.182. The summed E-state index contributed by atoms with van der Waals surface area (Å²) in [6.07, 6.45) is 0. The highest BCUT2D eigenvalue weighted by molar-refractivity contribution is 6.06. The van der Waals surface area contributed by atoms with E-state index in [2.05, 4.69) is 193 Å². The van der Waals surface area contributed by atoms with Crippen molar-refractivity contribution in [2.24, 2.45) is 0 Å². The maximum atomic E-state index is 2.49. The standard InChI is InChI=1S/C49H31N/c1-3-12-32(13-4-1)34-14-9-17-38(30-34)50(36-15-5-2-6-16-36)37-27-24-33(25-28-37)35-26-29-40-42-20-11-22-44-43-21-10-19-41-39-18-7-8-23-45(39)49(47(41)43,48(42)44)46(40)31-35/h1-31H. The lowest BCUT2D eigenvalue weighted by Gasteiger charge is -2.28. The molecule has 0 amide bonds. The third-order valence-electron chi connectivity index (χ3n) is 11.2. The Labute approximate surface area is 292 Å². The molecule has 11 rings (SSSR count). The first-order chi connectivity index (χ1) is 24.8. The highest BCUT2D eigenvalue weighted by Gasteiger charge is 2.57. The van der Waals surface area contributed by atoms with Crippen LogP contribution in [-0.2, 0) is 5.41 Å². The van der Waals surface area contributed by atoms with Crippen molar-refractivity contribution in [2.45, 2.75) is 5.41 Å². The van der Waals surface area contributed by atoms with Gasteiger partial charge in [0.25, 0.3) is 0 Å². The minimum absolute atomic E-state index is 0.270. The molecule has 0 N–H and O–H groups in total. The Hall–Kier alpha value is -6.44. The number of benzene rings is 8. The molecule has 1 atom stereocenters. The Morgan fingerprint density at radius 3 is 1.46 bits per heavy atom. The van der Waals surface area contributed by atoms with E-state index >= 15 is 0 Å². The summed E-state index contributed by atoms with van der Waals surface area (Å²) in [5.74, 6) is 0. The van der Waals surface area contributed by atoms with Crippen molar-refractivity contribution in [3.63, 3.8) is 0 Å². The zero-order valence-corrected chi connectivity index (χ0v) is 27.3. The monoisotopic (exact) mass is 633 g/mol. The Morgan fingerprint density at radius 1 is 0.280 bits per heavy atom. The van der Waals surface area contributed by atoms with E-state index in [1.165, 1.54) is 77.9 Å². The second-order valence-corrected chi connectivity index (χ2v) is 13.6. The molecule has 0 radical (unpaired) electrons. The number of nitrogens with zero attached hydrogens (tertiary/aromatic N) is 1. The summed E-state index contributed by atoms with van der Waals surface area (Å²) in [6.45, 7) is 0. The van der Waals surface area contributed by atoms with E-state index in [-0.39, 0.29) is 5.41 Å². The number of anilines is 3. The lowest BCUT2D eigenvalue weighted by molar-refractivity contribution is 0.818. The van der Waals surface area contributed by atoms with Gasteiger partial charge in [0, 0.05) is 17.1 Å². The van der Waals surface area contributed by atoms with Crippen LogP contribution in [0.25, 0.3) is 55.6 Å². The highest BCUT2D eigenvalue weighted by Crippen LogP contribution is 2.70. The van der Waals surface area contributed by atoms with Gasteiger partial charge in [0.1, 0.15) is 0 Å². The molecule has 0 fully saturated rings. The number of hydrogen-bond donors (Lipinski definition) is 0. The molecule has 1 spiro atoms. The minimum Gasteiger partial charge on any atom is -0.310 e. The van der Waals surface area contributed by atoms with Crippen molar-refractivity contribution in [1.82, 2.24) is 0 Å². The fraction of sp³-hybridized carbons (Fsp3) is 0.0204. The molecule has 8 aromatic carbocycles. The summed E-state index contributed by atoms with van der Waals surface area (Å²) >= 11 is 0. The Balaban J connectivity index is 1.04. The average Bonchev–Trinajstić information content (AvgIpc) is 3.79. The van der Waals surface area contributed by atoms with Crippen LogP contribution in [0.4, 0.5) is 17.1 Å². The molecule has 0 saturated carbocycles. The number of rotatable bonds is 5. The van der Waals surface area contributed by atoms with Crippen LogP contribution in [0.15, 0.2) is 188 Å². The highest BCUT2D eigenvalue weighted by atomic mass is 15.1. The van der Waals surface area contributed by atoms with E-state index in [1.54, 1.807) is 0 Å². The summed E-state index contributed by atoms with van der Waals surface area (Å²) in [7, 11) is 0. The van der Waals surface area contributed by atoms with Crippen molar-refractivity contribution in [1.29, 1.82) is 0 Å². The van der Waals surface area contributed by atoms with Gasteiger partial charge in [0.2, 0.25) is 0 Å². The zero-order chi connectivity index (χ0) is 32.8. The largest absolute Gasteiger partial charge is 0.310 e. The van der Waals surface area contributed by atoms with Gasteiger partial charge in [-0.05, 0) is 120 Å². The number of hydrogen-bond acceptors (Lipinski definition) is 1. The molecule has 0 aromatic heterocycles. The van der Waals surface area contributed by atoms with Crippen molar-refractivity contribution in [2.75, 3.05) is 4.90 Å². The van der Waals surface area contributed by atoms with Crippen molar-refractivity contribution in [3.8, 4) is 55.6 Å². The first kappa shape index (κ1) is 27.5. The maximum Gasteiger partial charge on any atom is 0.0737 e. The second kappa shape index (κ2) is 10.3. The summed E-state index contributed by atoms with van der Waals surface area (Å²) in [5, 5.41) is 0. The molecule has 50 heavy (non-hydrogen) atoms. The van der Waals surface area contributed by atoms with Crippen molar-refractivity contribution in [3.05, 3.63) is 210 Å². The maximum absolute atomic E-state index is 2.49. The summed E-state index contributed by atoms with van der Waals surface area (Å²) < 4.78 is 0. The molecule has 8 aromatic rings. The predicted molar refractivity (Wildman–Crippen MR) is 207 cm³/mol. The van der Waals surface area contributed by atoms with Gasteiger partial charge >= 0.3 is 0 Å². The van der Waals surface area contributed by atoms with Gasteiger partial charge in [-0.25, -0.2) is 0 Å². The number of para-hydroxylation sites is 1. The molecule has 0 bridgehead atoms.